The molecule has 0 atom stereocenters. The zero-order valence-corrected chi connectivity index (χ0v) is 20.4. The van der Waals surface area contributed by atoms with Crippen molar-refractivity contribution >= 4 is 41.1 Å². The van der Waals surface area contributed by atoms with Gasteiger partial charge in [0, 0.05) is 41.7 Å². The fourth-order valence-corrected chi connectivity index (χ4v) is 4.43. The van der Waals surface area contributed by atoms with Gasteiger partial charge >= 0.3 is 6.01 Å². The van der Waals surface area contributed by atoms with Crippen LogP contribution in [0.25, 0.3) is 0 Å². The van der Waals surface area contributed by atoms with Crippen LogP contribution in [0, 0.1) is 12.8 Å². The molecule has 0 radical (unpaired) electrons. The van der Waals surface area contributed by atoms with Crippen LogP contribution in [-0.4, -0.2) is 42.3 Å². The van der Waals surface area contributed by atoms with Crippen LogP contribution in [0.4, 0.5) is 12.0 Å². The van der Waals surface area contributed by atoms with Crippen LogP contribution in [0.1, 0.15) is 34.3 Å². The van der Waals surface area contributed by atoms with Crippen LogP contribution in [0.15, 0.2) is 40.9 Å². The van der Waals surface area contributed by atoms with Gasteiger partial charge in [-0.1, -0.05) is 35.3 Å². The number of rotatable bonds is 8. The number of halogens is 2. The number of nitrogen functional groups attached to an aromatic ring is 1. The molecule has 1 aliphatic heterocycles. The van der Waals surface area contributed by atoms with Crippen LogP contribution < -0.4 is 20.7 Å². The van der Waals surface area contributed by atoms with Gasteiger partial charge < -0.3 is 25.2 Å². The van der Waals surface area contributed by atoms with Gasteiger partial charge in [-0.25, -0.2) is 0 Å². The summed E-state index contributed by atoms with van der Waals surface area (Å²) in [6.07, 6.45) is 2.48. The number of nitrogens with one attached hydrogen (secondary N) is 1. The summed E-state index contributed by atoms with van der Waals surface area (Å²) < 4.78 is 10.8. The molecule has 0 bridgehead atoms. The molecule has 4 rings (SSSR count). The maximum Gasteiger partial charge on any atom is 0.320 e. The number of carbonyl (C=O) groups excluding carboxylic acids is 1. The van der Waals surface area contributed by atoms with Gasteiger partial charge in [-0.15, -0.1) is 0 Å². The SMILES string of the molecule is Cc1ccc(C(=O)NCC2CCN(c3noc(N)n3)CC2)cc1OCCc1ccc(Cl)cc1Cl. The number of aromatic nitrogens is 2. The number of ether oxygens (including phenoxy) is 1. The highest BCUT2D eigenvalue weighted by Crippen LogP contribution is 2.24. The third-order valence-electron chi connectivity index (χ3n) is 5.97. The Hall–Kier alpha value is -2.97. The first-order valence-electron chi connectivity index (χ1n) is 11.2. The Bertz CT molecular complexity index is 1150. The summed E-state index contributed by atoms with van der Waals surface area (Å²) in [6.45, 7) is 4.59. The summed E-state index contributed by atoms with van der Waals surface area (Å²) in [4.78, 5) is 18.9. The monoisotopic (exact) mass is 503 g/mol. The standard InChI is InChI=1S/C24H27Cl2N5O3/c1-15-2-3-18(12-21(15)33-11-8-17-4-5-19(25)13-20(17)26)22(32)28-14-16-6-9-31(10-7-16)24-29-23(27)34-30-24/h2-5,12-13,16H,6-11,14H2,1H3,(H,28,32)(H2,27,29,30). The van der Waals surface area contributed by atoms with Crippen LogP contribution in [-0.2, 0) is 6.42 Å². The van der Waals surface area contributed by atoms with Crippen molar-refractivity contribution in [3.63, 3.8) is 0 Å². The summed E-state index contributed by atoms with van der Waals surface area (Å²) in [5.41, 5.74) is 8.00. The number of hydrogen-bond donors (Lipinski definition) is 2. The zero-order valence-electron chi connectivity index (χ0n) is 18.9. The van der Waals surface area contributed by atoms with E-state index in [4.69, 9.17) is 38.2 Å². The molecule has 34 heavy (non-hydrogen) atoms. The average Bonchev–Trinajstić information content (AvgIpc) is 3.26. The number of carbonyl (C=O) groups is 1. The van der Waals surface area contributed by atoms with Crippen molar-refractivity contribution in [2.75, 3.05) is 36.9 Å². The highest BCUT2D eigenvalue weighted by atomic mass is 35.5. The highest BCUT2D eigenvalue weighted by Gasteiger charge is 2.23. The number of aryl methyl sites for hydroxylation is 1. The predicted octanol–water partition coefficient (Wildman–Crippen LogP) is 4.53. The maximum absolute atomic E-state index is 12.8. The smallest absolute Gasteiger partial charge is 0.320 e. The van der Waals surface area contributed by atoms with E-state index in [9.17, 15) is 4.79 Å². The van der Waals surface area contributed by atoms with Crippen molar-refractivity contribution in [2.24, 2.45) is 5.92 Å². The zero-order chi connectivity index (χ0) is 24.1. The van der Waals surface area contributed by atoms with E-state index in [2.05, 4.69) is 15.5 Å². The Labute approximate surface area is 208 Å². The largest absolute Gasteiger partial charge is 0.493 e. The summed E-state index contributed by atoms with van der Waals surface area (Å²) in [5.74, 6) is 1.48. The second-order valence-corrected chi connectivity index (χ2v) is 9.23. The summed E-state index contributed by atoms with van der Waals surface area (Å²) >= 11 is 12.2. The normalized spacial score (nSPS) is 14.3. The Kier molecular flexibility index (Phi) is 7.80. The quantitative estimate of drug-likeness (QED) is 0.464. The van der Waals surface area contributed by atoms with E-state index in [1.807, 2.05) is 36.1 Å². The third-order valence-corrected chi connectivity index (χ3v) is 6.56. The molecule has 8 nitrogen and oxygen atoms in total. The molecular weight excluding hydrogens is 477 g/mol. The number of benzene rings is 2. The van der Waals surface area contributed by atoms with E-state index in [0.717, 1.165) is 37.1 Å². The van der Waals surface area contributed by atoms with E-state index >= 15 is 0 Å². The number of nitrogens with two attached hydrogens (primary N) is 1. The van der Waals surface area contributed by atoms with Crippen LogP contribution >= 0.6 is 23.2 Å². The van der Waals surface area contributed by atoms with Gasteiger partial charge in [0.2, 0.25) is 0 Å². The van der Waals surface area contributed by atoms with Gasteiger partial charge in [0.25, 0.3) is 11.9 Å². The Morgan fingerprint density at radius 3 is 2.74 bits per heavy atom. The molecule has 0 spiro atoms. The lowest BCUT2D eigenvalue weighted by molar-refractivity contribution is 0.0944. The molecule has 3 aromatic rings. The number of piperidine rings is 1. The molecular formula is C24H27Cl2N5O3. The van der Waals surface area contributed by atoms with Crippen molar-refractivity contribution in [2.45, 2.75) is 26.2 Å². The fraction of sp³-hybridized carbons (Fsp3) is 0.375. The molecule has 1 amide bonds. The van der Waals surface area contributed by atoms with E-state index < -0.39 is 0 Å². The van der Waals surface area contributed by atoms with Crippen molar-refractivity contribution in [3.05, 3.63) is 63.1 Å². The van der Waals surface area contributed by atoms with E-state index in [-0.39, 0.29) is 11.9 Å². The average molecular weight is 504 g/mol. The molecule has 180 valence electrons. The number of nitrogens with zero attached hydrogens (tertiary/aromatic N) is 3. The molecule has 2 heterocycles. The number of amides is 1. The molecule has 1 aliphatic rings. The summed E-state index contributed by atoms with van der Waals surface area (Å²) in [7, 11) is 0. The van der Waals surface area contributed by atoms with E-state index in [1.165, 1.54) is 0 Å². The number of hydrogen-bond acceptors (Lipinski definition) is 7. The van der Waals surface area contributed by atoms with Crippen LogP contribution in [0.3, 0.4) is 0 Å². The molecule has 1 aromatic heterocycles. The molecule has 0 unspecified atom stereocenters. The molecule has 0 aliphatic carbocycles. The molecule has 1 saturated heterocycles. The fourth-order valence-electron chi connectivity index (χ4n) is 3.92. The minimum atomic E-state index is -0.112. The van der Waals surface area contributed by atoms with Crippen LogP contribution in [0.5, 0.6) is 5.75 Å². The van der Waals surface area contributed by atoms with E-state index in [0.29, 0.717) is 52.8 Å². The first kappa shape index (κ1) is 24.2. The predicted molar refractivity (Wildman–Crippen MR) is 133 cm³/mol. The van der Waals surface area contributed by atoms with Gasteiger partial charge in [-0.3, -0.25) is 4.79 Å². The minimum absolute atomic E-state index is 0.0691. The van der Waals surface area contributed by atoms with Crippen molar-refractivity contribution in [3.8, 4) is 5.75 Å². The van der Waals surface area contributed by atoms with Gasteiger partial charge in [-0.2, -0.15) is 4.98 Å². The lowest BCUT2D eigenvalue weighted by Gasteiger charge is -2.30. The third kappa shape index (κ3) is 6.12. The Morgan fingerprint density at radius 1 is 1.24 bits per heavy atom. The van der Waals surface area contributed by atoms with Crippen LogP contribution in [0.2, 0.25) is 10.0 Å². The Morgan fingerprint density at radius 2 is 2.03 bits per heavy atom. The number of anilines is 2. The summed E-state index contributed by atoms with van der Waals surface area (Å²) in [5, 5.41) is 8.14. The molecule has 3 N–H and O–H groups in total. The molecule has 2 aromatic carbocycles. The molecule has 0 saturated carbocycles. The Balaban J connectivity index is 1.26. The van der Waals surface area contributed by atoms with Gasteiger partial charge in [-0.05, 0) is 66.2 Å². The first-order valence-corrected chi connectivity index (χ1v) is 11.9. The van der Waals surface area contributed by atoms with Gasteiger partial charge in [0.15, 0.2) is 0 Å². The topological polar surface area (TPSA) is 107 Å². The maximum atomic E-state index is 12.8. The second kappa shape index (κ2) is 11.0. The second-order valence-electron chi connectivity index (χ2n) is 8.39. The van der Waals surface area contributed by atoms with Gasteiger partial charge in [0.1, 0.15) is 5.75 Å². The minimum Gasteiger partial charge on any atom is -0.493 e. The van der Waals surface area contributed by atoms with E-state index in [1.54, 1.807) is 12.1 Å². The summed E-state index contributed by atoms with van der Waals surface area (Å²) in [6, 6.07) is 11.0. The molecule has 10 heteroatoms. The highest BCUT2D eigenvalue weighted by molar-refractivity contribution is 6.35. The first-order chi connectivity index (χ1) is 16.4. The van der Waals surface area contributed by atoms with Crippen molar-refractivity contribution in [1.29, 1.82) is 0 Å². The van der Waals surface area contributed by atoms with Crippen molar-refractivity contribution < 1.29 is 14.1 Å². The lowest BCUT2D eigenvalue weighted by atomic mass is 9.97. The van der Waals surface area contributed by atoms with Crippen molar-refractivity contribution in [1.82, 2.24) is 15.5 Å². The molecule has 1 fully saturated rings. The van der Waals surface area contributed by atoms with Gasteiger partial charge in [0.05, 0.1) is 6.61 Å². The lowest BCUT2D eigenvalue weighted by Crippen LogP contribution is -2.39.